The first-order valence-electron chi connectivity index (χ1n) is 15.1. The Kier molecular flexibility index (Phi) is 9.78. The van der Waals surface area contributed by atoms with Crippen LogP contribution in [0.4, 0.5) is 11.4 Å². The van der Waals surface area contributed by atoms with Gasteiger partial charge in [0, 0.05) is 23.4 Å². The van der Waals surface area contributed by atoms with Crippen LogP contribution in [0.3, 0.4) is 0 Å². The van der Waals surface area contributed by atoms with Gasteiger partial charge < -0.3 is 26.0 Å². The van der Waals surface area contributed by atoms with Crippen molar-refractivity contribution in [3.8, 4) is 16.9 Å². The zero-order chi connectivity index (χ0) is 32.2. The Hall–Kier alpha value is -4.24. The van der Waals surface area contributed by atoms with E-state index in [9.17, 15) is 14.4 Å². The van der Waals surface area contributed by atoms with Gasteiger partial charge in [0.2, 0.25) is 5.91 Å². The van der Waals surface area contributed by atoms with Crippen molar-refractivity contribution < 1.29 is 19.1 Å². The average Bonchev–Trinajstić information content (AvgIpc) is 3.51. The van der Waals surface area contributed by atoms with Gasteiger partial charge in [-0.25, -0.2) is 0 Å². The van der Waals surface area contributed by atoms with Crippen LogP contribution in [0.1, 0.15) is 86.4 Å². The van der Waals surface area contributed by atoms with Crippen molar-refractivity contribution in [2.75, 3.05) is 30.8 Å². The average molecular weight is 600 g/mol. The Morgan fingerprint density at radius 3 is 2.27 bits per heavy atom. The molecule has 9 heteroatoms. The number of nitrogens with zero attached hydrogens (tertiary/aromatic N) is 1. The number of ether oxygens (including phenoxy) is 1. The molecule has 4 rings (SSSR count). The smallest absolute Gasteiger partial charge is 0.259 e. The van der Waals surface area contributed by atoms with Gasteiger partial charge in [-0.15, -0.1) is 0 Å². The molecule has 44 heavy (non-hydrogen) atoms. The van der Waals surface area contributed by atoms with Crippen molar-refractivity contribution in [2.24, 2.45) is 5.41 Å². The van der Waals surface area contributed by atoms with E-state index in [1.807, 2.05) is 37.3 Å². The maximum absolute atomic E-state index is 13.8. The quantitative estimate of drug-likeness (QED) is 0.249. The molecule has 1 saturated heterocycles. The molecule has 9 nitrogen and oxygen atoms in total. The molecule has 234 valence electrons. The van der Waals surface area contributed by atoms with Crippen molar-refractivity contribution in [1.82, 2.24) is 15.6 Å². The third-order valence-corrected chi connectivity index (χ3v) is 7.62. The van der Waals surface area contributed by atoms with Crippen LogP contribution in [0.2, 0.25) is 0 Å². The minimum absolute atomic E-state index is 0.0101. The number of carbonyl (C=O) groups excluding carboxylic acids is 3. The van der Waals surface area contributed by atoms with E-state index in [4.69, 9.17) is 4.74 Å². The van der Waals surface area contributed by atoms with Crippen LogP contribution in [-0.2, 0) is 10.2 Å². The highest BCUT2D eigenvalue weighted by molar-refractivity contribution is 6.09. The molecular formula is C35H45N5O4. The number of amides is 3. The lowest BCUT2D eigenvalue weighted by Crippen LogP contribution is -2.35. The van der Waals surface area contributed by atoms with E-state index in [0.717, 1.165) is 41.8 Å². The first-order chi connectivity index (χ1) is 20.7. The van der Waals surface area contributed by atoms with Crippen LogP contribution < -0.4 is 26.0 Å². The summed E-state index contributed by atoms with van der Waals surface area (Å²) in [6, 6.07) is 12.6. The maximum atomic E-state index is 13.8. The van der Waals surface area contributed by atoms with Gasteiger partial charge in [-0.1, -0.05) is 53.7 Å². The van der Waals surface area contributed by atoms with E-state index in [1.54, 1.807) is 18.3 Å². The summed E-state index contributed by atoms with van der Waals surface area (Å²) >= 11 is 0. The van der Waals surface area contributed by atoms with Gasteiger partial charge in [-0.05, 0) is 78.6 Å². The first kappa shape index (κ1) is 32.7. The molecule has 1 fully saturated rings. The molecule has 2 heterocycles. The predicted octanol–water partition coefficient (Wildman–Crippen LogP) is 6.08. The van der Waals surface area contributed by atoms with Crippen LogP contribution in [0.25, 0.3) is 11.1 Å². The van der Waals surface area contributed by atoms with Crippen LogP contribution in [0.15, 0.2) is 48.7 Å². The number of carbonyl (C=O) groups is 3. The van der Waals surface area contributed by atoms with E-state index < -0.39 is 0 Å². The fraction of sp³-hybridized carbons (Fsp3) is 0.429. The number of hydrogen-bond donors (Lipinski definition) is 4. The molecule has 0 aliphatic carbocycles. The molecule has 1 unspecified atom stereocenters. The SMILES string of the molecule is COc1c(NC(=O)C2CCCN2)cc(C(C)(C)C)cc1C(=O)Nc1cnc(C)c(-c2ccc(C(=O)NCC(C)(C)C)cc2)c1. The molecule has 3 aromatic rings. The topological polar surface area (TPSA) is 121 Å². The summed E-state index contributed by atoms with van der Waals surface area (Å²) in [6.07, 6.45) is 3.31. The summed E-state index contributed by atoms with van der Waals surface area (Å²) in [4.78, 5) is 43.9. The summed E-state index contributed by atoms with van der Waals surface area (Å²) in [5.41, 5.74) is 4.91. The Balaban J connectivity index is 1.60. The second-order valence-electron chi connectivity index (χ2n) is 13.6. The van der Waals surface area contributed by atoms with Crippen LogP contribution in [0, 0.1) is 12.3 Å². The number of anilines is 2. The van der Waals surface area contributed by atoms with Crippen LogP contribution in [-0.4, -0.2) is 48.9 Å². The monoisotopic (exact) mass is 599 g/mol. The van der Waals surface area contributed by atoms with Gasteiger partial charge in [0.05, 0.1) is 36.3 Å². The molecule has 1 aromatic heterocycles. The fourth-order valence-corrected chi connectivity index (χ4v) is 5.01. The Morgan fingerprint density at radius 1 is 0.977 bits per heavy atom. The van der Waals surface area contributed by atoms with Crippen molar-refractivity contribution >= 4 is 29.1 Å². The van der Waals surface area contributed by atoms with Crippen molar-refractivity contribution in [1.29, 1.82) is 0 Å². The number of nitrogens with one attached hydrogen (secondary N) is 4. The fourth-order valence-electron chi connectivity index (χ4n) is 5.01. The third-order valence-electron chi connectivity index (χ3n) is 7.62. The molecule has 0 saturated carbocycles. The summed E-state index contributed by atoms with van der Waals surface area (Å²) in [6.45, 7) is 15.6. The molecule has 2 aromatic carbocycles. The van der Waals surface area contributed by atoms with E-state index in [2.05, 4.69) is 67.8 Å². The minimum Gasteiger partial charge on any atom is -0.494 e. The Labute approximate surface area is 260 Å². The summed E-state index contributed by atoms with van der Waals surface area (Å²) < 4.78 is 5.70. The van der Waals surface area contributed by atoms with Gasteiger partial charge in [0.1, 0.15) is 0 Å². The number of aryl methyl sites for hydroxylation is 1. The van der Waals surface area contributed by atoms with Gasteiger partial charge >= 0.3 is 0 Å². The second kappa shape index (κ2) is 13.2. The zero-order valence-electron chi connectivity index (χ0n) is 27.1. The predicted molar refractivity (Wildman–Crippen MR) is 175 cm³/mol. The number of rotatable bonds is 8. The normalized spacial score (nSPS) is 15.0. The largest absolute Gasteiger partial charge is 0.494 e. The molecule has 0 bridgehead atoms. The Morgan fingerprint density at radius 2 is 1.68 bits per heavy atom. The molecule has 0 spiro atoms. The number of methoxy groups -OCH3 is 1. The van der Waals surface area contributed by atoms with E-state index >= 15 is 0 Å². The maximum Gasteiger partial charge on any atom is 0.259 e. The number of aromatic nitrogens is 1. The molecular weight excluding hydrogens is 554 g/mol. The first-order valence-corrected chi connectivity index (χ1v) is 15.1. The summed E-state index contributed by atoms with van der Waals surface area (Å²) in [5.74, 6) is -0.362. The van der Waals surface area contributed by atoms with Gasteiger partial charge in [0.25, 0.3) is 11.8 Å². The molecule has 1 atom stereocenters. The highest BCUT2D eigenvalue weighted by atomic mass is 16.5. The van der Waals surface area contributed by atoms with Crippen molar-refractivity contribution in [3.63, 3.8) is 0 Å². The van der Waals surface area contributed by atoms with E-state index in [-0.39, 0.29) is 34.6 Å². The van der Waals surface area contributed by atoms with E-state index in [1.165, 1.54) is 7.11 Å². The van der Waals surface area contributed by atoms with Gasteiger partial charge in [-0.3, -0.25) is 19.4 Å². The number of hydrogen-bond acceptors (Lipinski definition) is 6. The lowest BCUT2D eigenvalue weighted by Gasteiger charge is -2.24. The summed E-state index contributed by atoms with van der Waals surface area (Å²) in [5, 5.41) is 12.2. The molecule has 4 N–H and O–H groups in total. The minimum atomic E-state index is -0.384. The lowest BCUT2D eigenvalue weighted by atomic mass is 9.85. The molecule has 1 aliphatic rings. The van der Waals surface area contributed by atoms with Crippen LogP contribution in [0.5, 0.6) is 5.75 Å². The zero-order valence-corrected chi connectivity index (χ0v) is 27.1. The van der Waals surface area contributed by atoms with Crippen molar-refractivity contribution in [2.45, 2.75) is 72.8 Å². The molecule has 0 radical (unpaired) electrons. The van der Waals surface area contributed by atoms with Gasteiger partial charge in [-0.2, -0.15) is 0 Å². The summed E-state index contributed by atoms with van der Waals surface area (Å²) in [7, 11) is 1.49. The highest BCUT2D eigenvalue weighted by Gasteiger charge is 2.27. The van der Waals surface area contributed by atoms with Gasteiger partial charge in [0.15, 0.2) is 5.75 Å². The van der Waals surface area contributed by atoms with Crippen molar-refractivity contribution in [3.05, 3.63) is 71.0 Å². The number of pyridine rings is 1. The second-order valence-corrected chi connectivity index (χ2v) is 13.6. The van der Waals surface area contributed by atoms with Crippen LogP contribution >= 0.6 is 0 Å². The lowest BCUT2D eigenvalue weighted by molar-refractivity contribution is -0.117. The number of benzene rings is 2. The molecule has 1 aliphatic heterocycles. The molecule has 3 amide bonds. The van der Waals surface area contributed by atoms with E-state index in [0.29, 0.717) is 34.8 Å². The highest BCUT2D eigenvalue weighted by Crippen LogP contribution is 2.36. The Bertz CT molecular complexity index is 1530. The third kappa shape index (κ3) is 8.02. The standard InChI is InChI=1S/C35H45N5O4/c1-21-26(22-11-13-23(14-12-22)31(41)38-20-34(2,3)4)18-25(19-37-21)39-32(42)27-16-24(35(5,6)7)17-29(30(27)44-8)40-33(43)28-10-9-15-36-28/h11-14,16-19,28,36H,9-10,15,20H2,1-8H3,(H,38,41)(H,39,42)(H,40,43).